The van der Waals surface area contributed by atoms with E-state index in [-0.39, 0.29) is 29.7 Å². The maximum absolute atomic E-state index is 13.9. The van der Waals surface area contributed by atoms with E-state index >= 15 is 0 Å². The molecule has 0 aliphatic carbocycles. The van der Waals surface area contributed by atoms with Crippen LogP contribution in [0.15, 0.2) is 54.6 Å². The lowest BCUT2D eigenvalue weighted by molar-refractivity contribution is -0.118. The van der Waals surface area contributed by atoms with E-state index in [1.54, 1.807) is 12.1 Å². The molecule has 2 aromatic carbocycles. The molecule has 0 aromatic heterocycles. The number of rotatable bonds is 11. The first-order valence-electron chi connectivity index (χ1n) is 13.7. The number of fused-ring (bicyclic) bond motifs is 3. The van der Waals surface area contributed by atoms with Gasteiger partial charge in [0.1, 0.15) is 0 Å². The van der Waals surface area contributed by atoms with Gasteiger partial charge in [0.2, 0.25) is 6.41 Å². The lowest BCUT2D eigenvalue weighted by Gasteiger charge is -2.44. The number of hydrogen-bond acceptors (Lipinski definition) is 4. The first-order valence-corrected chi connectivity index (χ1v) is 13.7. The van der Waals surface area contributed by atoms with Crippen LogP contribution in [0.4, 0.5) is 14.5 Å². The van der Waals surface area contributed by atoms with Gasteiger partial charge >= 0.3 is 0 Å². The Bertz CT molecular complexity index is 911. The molecule has 7 heteroatoms. The van der Waals surface area contributed by atoms with Gasteiger partial charge in [-0.1, -0.05) is 55.8 Å². The van der Waals surface area contributed by atoms with Gasteiger partial charge in [-0.15, -0.1) is 0 Å². The summed E-state index contributed by atoms with van der Waals surface area (Å²) >= 11 is 0. The van der Waals surface area contributed by atoms with E-state index < -0.39 is 5.92 Å². The Morgan fingerprint density at radius 1 is 1.11 bits per heavy atom. The monoisotopic (exact) mass is 515 g/mol. The van der Waals surface area contributed by atoms with E-state index in [4.69, 9.17) is 4.74 Å². The van der Waals surface area contributed by atoms with Crippen LogP contribution in [-0.4, -0.2) is 49.6 Å². The predicted molar refractivity (Wildman–Crippen MR) is 146 cm³/mol. The molecule has 2 aliphatic rings. The number of ether oxygens (including phenoxy) is 1. The van der Waals surface area contributed by atoms with Gasteiger partial charge in [0.15, 0.2) is 0 Å². The molecule has 4 rings (SSSR count). The molecular weight excluding hydrogens is 472 g/mol. The zero-order valence-electron chi connectivity index (χ0n) is 22.5. The molecule has 2 N–H and O–H groups in total. The number of amides is 1. The zero-order valence-corrected chi connectivity index (χ0v) is 22.5. The standard InChI is InChI=1S/C24H37F2N3O2.C6H6/c1-4-5-12-29(16-30)13-6-11-27-15-19-8-9-20-17(2)28-22-10-7-18(24(3,25)26)14-21(22)23(20)31-19;1-2-4-6-5-3-1/h7,10,14,16-17,19-20,23,27-28H,4-6,8-9,11-13,15H2,1-3H3;1-6H/t17-,19?,20?,23?;/m0./s1. The van der Waals surface area contributed by atoms with E-state index in [2.05, 4.69) is 24.5 Å². The molecule has 0 saturated carbocycles. The van der Waals surface area contributed by atoms with Crippen molar-refractivity contribution in [2.75, 3.05) is 31.5 Å². The lowest BCUT2D eigenvalue weighted by Crippen LogP contribution is -2.44. The SMILES string of the molecule is CCCCN(C=O)CCCNCC1CCC2C(O1)c1cc(C(C)(F)F)ccc1N[C@H]2C.c1ccccc1. The van der Waals surface area contributed by atoms with E-state index in [1.807, 2.05) is 41.3 Å². The second kappa shape index (κ2) is 14.4. The van der Waals surface area contributed by atoms with Crippen molar-refractivity contribution >= 4 is 12.1 Å². The van der Waals surface area contributed by atoms with Crippen LogP contribution in [0.2, 0.25) is 0 Å². The molecule has 0 spiro atoms. The lowest BCUT2D eigenvalue weighted by atomic mass is 9.79. The molecule has 0 bridgehead atoms. The Labute approximate surface area is 221 Å². The summed E-state index contributed by atoms with van der Waals surface area (Å²) in [6.45, 7) is 8.34. The van der Waals surface area contributed by atoms with Gasteiger partial charge in [0, 0.05) is 55.3 Å². The topological polar surface area (TPSA) is 53.6 Å². The Hall–Kier alpha value is -2.51. The van der Waals surface area contributed by atoms with Crippen LogP contribution in [0, 0.1) is 5.92 Å². The number of alkyl halides is 2. The summed E-state index contributed by atoms with van der Waals surface area (Å²) in [6, 6.07) is 17.1. The van der Waals surface area contributed by atoms with Gasteiger partial charge in [0.05, 0.1) is 12.2 Å². The number of hydrogen-bond donors (Lipinski definition) is 2. The van der Waals surface area contributed by atoms with E-state index in [9.17, 15) is 13.6 Å². The van der Waals surface area contributed by atoms with Crippen LogP contribution < -0.4 is 10.6 Å². The zero-order chi connectivity index (χ0) is 26.7. The average Bonchev–Trinajstić information content (AvgIpc) is 2.91. The number of unbranched alkanes of at least 4 members (excludes halogenated alkanes) is 1. The molecular formula is C30H43F2N3O2. The minimum atomic E-state index is -2.87. The number of halogens is 2. The fourth-order valence-corrected chi connectivity index (χ4v) is 5.06. The number of benzene rings is 2. The number of carbonyl (C=O) groups is 1. The normalized spacial score (nSPS) is 22.5. The maximum Gasteiger partial charge on any atom is 0.270 e. The number of nitrogens with zero attached hydrogens (tertiary/aromatic N) is 1. The van der Waals surface area contributed by atoms with Gasteiger partial charge in [-0.3, -0.25) is 4.79 Å². The van der Waals surface area contributed by atoms with Gasteiger partial charge < -0.3 is 20.3 Å². The molecule has 37 heavy (non-hydrogen) atoms. The summed E-state index contributed by atoms with van der Waals surface area (Å²) in [6.07, 6.45) is 5.82. The fraction of sp³-hybridized carbons (Fsp3) is 0.567. The van der Waals surface area contributed by atoms with Crippen molar-refractivity contribution in [3.63, 3.8) is 0 Å². The van der Waals surface area contributed by atoms with Gasteiger partial charge in [-0.25, -0.2) is 8.78 Å². The highest BCUT2D eigenvalue weighted by molar-refractivity contribution is 5.57. The molecule has 2 aromatic rings. The Kier molecular flexibility index (Phi) is 11.3. The largest absolute Gasteiger partial charge is 0.382 e. The molecule has 1 saturated heterocycles. The quantitative estimate of drug-likeness (QED) is 0.270. The van der Waals surface area contributed by atoms with Gasteiger partial charge in [-0.05, 0) is 51.3 Å². The van der Waals surface area contributed by atoms with Gasteiger partial charge in [0.25, 0.3) is 5.92 Å². The molecule has 5 nitrogen and oxygen atoms in total. The highest BCUT2D eigenvalue weighted by Crippen LogP contribution is 2.46. The summed E-state index contributed by atoms with van der Waals surface area (Å²) in [5, 5.41) is 6.92. The summed E-state index contributed by atoms with van der Waals surface area (Å²) in [5.74, 6) is -2.58. The number of anilines is 1. The van der Waals surface area contributed by atoms with E-state index in [0.717, 1.165) is 82.9 Å². The van der Waals surface area contributed by atoms with E-state index in [0.29, 0.717) is 0 Å². The summed E-state index contributed by atoms with van der Waals surface area (Å²) in [7, 11) is 0. The maximum atomic E-state index is 13.9. The Morgan fingerprint density at radius 3 is 2.41 bits per heavy atom. The van der Waals surface area contributed by atoms with Crippen LogP contribution in [-0.2, 0) is 15.5 Å². The van der Waals surface area contributed by atoms with E-state index in [1.165, 1.54) is 6.07 Å². The summed E-state index contributed by atoms with van der Waals surface area (Å²) in [5.41, 5.74) is 1.79. The van der Waals surface area contributed by atoms with Gasteiger partial charge in [-0.2, -0.15) is 0 Å². The van der Waals surface area contributed by atoms with Crippen molar-refractivity contribution in [1.82, 2.24) is 10.2 Å². The summed E-state index contributed by atoms with van der Waals surface area (Å²) in [4.78, 5) is 12.9. The third-order valence-corrected chi connectivity index (χ3v) is 7.23. The first kappa shape index (κ1) is 29.1. The molecule has 1 amide bonds. The van der Waals surface area contributed by atoms with Crippen molar-refractivity contribution in [2.24, 2.45) is 5.92 Å². The number of carbonyl (C=O) groups excluding carboxylic acids is 1. The molecule has 4 atom stereocenters. The van der Waals surface area contributed by atoms with Crippen LogP contribution >= 0.6 is 0 Å². The van der Waals surface area contributed by atoms with Crippen molar-refractivity contribution in [3.05, 3.63) is 65.7 Å². The van der Waals surface area contributed by atoms with Crippen LogP contribution in [0.25, 0.3) is 0 Å². The Morgan fingerprint density at radius 2 is 1.78 bits per heavy atom. The van der Waals surface area contributed by atoms with Crippen LogP contribution in [0.3, 0.4) is 0 Å². The third kappa shape index (κ3) is 8.78. The second-order valence-electron chi connectivity index (χ2n) is 10.3. The minimum Gasteiger partial charge on any atom is -0.382 e. The second-order valence-corrected chi connectivity index (χ2v) is 10.3. The molecule has 1 fully saturated rings. The minimum absolute atomic E-state index is 0.0352. The van der Waals surface area contributed by atoms with Crippen LogP contribution in [0.5, 0.6) is 0 Å². The van der Waals surface area contributed by atoms with Crippen molar-refractivity contribution in [1.29, 1.82) is 0 Å². The highest BCUT2D eigenvalue weighted by atomic mass is 19.3. The van der Waals surface area contributed by atoms with Crippen LogP contribution in [0.1, 0.15) is 70.1 Å². The molecule has 2 aliphatic heterocycles. The van der Waals surface area contributed by atoms with Crippen molar-refractivity contribution in [2.45, 2.75) is 77.0 Å². The average molecular weight is 516 g/mol. The predicted octanol–water partition coefficient (Wildman–Crippen LogP) is 6.37. The first-order chi connectivity index (χ1) is 17.8. The van der Waals surface area contributed by atoms with Crippen molar-refractivity contribution in [3.8, 4) is 0 Å². The molecule has 0 radical (unpaired) electrons. The number of nitrogens with one attached hydrogen (secondary N) is 2. The Balaban J connectivity index is 0.000000555. The van der Waals surface area contributed by atoms with Crippen molar-refractivity contribution < 1.29 is 18.3 Å². The molecule has 2 heterocycles. The molecule has 3 unspecified atom stereocenters. The highest BCUT2D eigenvalue weighted by Gasteiger charge is 2.40. The molecule has 204 valence electrons. The third-order valence-electron chi connectivity index (χ3n) is 7.23. The summed E-state index contributed by atoms with van der Waals surface area (Å²) < 4.78 is 34.2. The smallest absolute Gasteiger partial charge is 0.270 e. The fourth-order valence-electron chi connectivity index (χ4n) is 5.06.